The molecule has 4 nitrogen and oxygen atoms in total. The summed E-state index contributed by atoms with van der Waals surface area (Å²) in [6.45, 7) is 1.24. The van der Waals surface area contributed by atoms with E-state index in [1.54, 1.807) is 12.1 Å². The van der Waals surface area contributed by atoms with E-state index < -0.39 is 0 Å². The highest BCUT2D eigenvalue weighted by atomic mass is 19.1. The van der Waals surface area contributed by atoms with Crippen molar-refractivity contribution in [3.63, 3.8) is 0 Å². The SMILES string of the molecule is NCCc1nc(NCCc2ccc(F)cc2)c2ccccc2n1. The molecule has 3 rings (SSSR count). The molecule has 3 aromatic rings. The largest absolute Gasteiger partial charge is 0.369 e. The number of aromatic nitrogens is 2. The number of para-hydroxylation sites is 1. The third-order valence-corrected chi connectivity index (χ3v) is 3.64. The van der Waals surface area contributed by atoms with Gasteiger partial charge in [0.15, 0.2) is 0 Å². The highest BCUT2D eigenvalue weighted by Gasteiger charge is 2.06. The Morgan fingerprint density at radius 1 is 0.957 bits per heavy atom. The molecule has 3 N–H and O–H groups in total. The van der Waals surface area contributed by atoms with Crippen LogP contribution in [-0.4, -0.2) is 23.1 Å². The zero-order valence-electron chi connectivity index (χ0n) is 12.8. The molecule has 1 aromatic heterocycles. The minimum Gasteiger partial charge on any atom is -0.369 e. The first-order valence-corrected chi connectivity index (χ1v) is 7.70. The monoisotopic (exact) mass is 310 g/mol. The van der Waals surface area contributed by atoms with Crippen LogP contribution >= 0.6 is 0 Å². The number of nitrogens with zero attached hydrogens (tertiary/aromatic N) is 2. The molecule has 0 spiro atoms. The Bertz CT molecular complexity index is 787. The average molecular weight is 310 g/mol. The van der Waals surface area contributed by atoms with Crippen molar-refractivity contribution < 1.29 is 4.39 Å². The van der Waals surface area contributed by atoms with Gasteiger partial charge < -0.3 is 11.1 Å². The molecule has 0 atom stereocenters. The Hall–Kier alpha value is -2.53. The van der Waals surface area contributed by atoms with E-state index in [0.717, 1.165) is 34.5 Å². The van der Waals surface area contributed by atoms with Crippen molar-refractivity contribution in [3.05, 3.63) is 65.7 Å². The van der Waals surface area contributed by atoms with Gasteiger partial charge in [-0.2, -0.15) is 0 Å². The predicted molar refractivity (Wildman–Crippen MR) is 90.9 cm³/mol. The fourth-order valence-electron chi connectivity index (χ4n) is 2.48. The lowest BCUT2D eigenvalue weighted by atomic mass is 10.1. The standard InChI is InChI=1S/C18H19FN4/c19-14-7-5-13(6-8-14)10-12-21-18-15-3-1-2-4-16(15)22-17(23-18)9-11-20/h1-8H,9-12,20H2,(H,21,22,23). The van der Waals surface area contributed by atoms with Gasteiger partial charge in [0.1, 0.15) is 17.5 Å². The van der Waals surface area contributed by atoms with Crippen LogP contribution < -0.4 is 11.1 Å². The Balaban J connectivity index is 1.76. The fourth-order valence-corrected chi connectivity index (χ4v) is 2.48. The second-order valence-electron chi connectivity index (χ2n) is 5.35. The number of anilines is 1. The molecule has 0 saturated carbocycles. The van der Waals surface area contributed by atoms with Gasteiger partial charge in [-0.25, -0.2) is 14.4 Å². The summed E-state index contributed by atoms with van der Waals surface area (Å²) in [4.78, 5) is 9.10. The molecule has 5 heteroatoms. The summed E-state index contributed by atoms with van der Waals surface area (Å²) in [5.41, 5.74) is 7.61. The Labute approximate surface area is 134 Å². The smallest absolute Gasteiger partial charge is 0.137 e. The summed E-state index contributed by atoms with van der Waals surface area (Å²) in [6.07, 6.45) is 1.45. The van der Waals surface area contributed by atoms with Crippen molar-refractivity contribution in [1.82, 2.24) is 9.97 Å². The van der Waals surface area contributed by atoms with Gasteiger partial charge in [0.25, 0.3) is 0 Å². The molecule has 1 heterocycles. The number of fused-ring (bicyclic) bond motifs is 1. The van der Waals surface area contributed by atoms with Crippen LogP contribution in [0.2, 0.25) is 0 Å². The highest BCUT2D eigenvalue weighted by molar-refractivity contribution is 5.88. The summed E-state index contributed by atoms with van der Waals surface area (Å²) in [6, 6.07) is 14.5. The van der Waals surface area contributed by atoms with E-state index >= 15 is 0 Å². The fraction of sp³-hybridized carbons (Fsp3) is 0.222. The van der Waals surface area contributed by atoms with Crippen LogP contribution in [-0.2, 0) is 12.8 Å². The van der Waals surface area contributed by atoms with Gasteiger partial charge in [0, 0.05) is 18.4 Å². The zero-order chi connectivity index (χ0) is 16.1. The second-order valence-corrected chi connectivity index (χ2v) is 5.35. The van der Waals surface area contributed by atoms with Crippen molar-refractivity contribution in [1.29, 1.82) is 0 Å². The van der Waals surface area contributed by atoms with E-state index in [1.807, 2.05) is 24.3 Å². The number of nitrogens with two attached hydrogens (primary N) is 1. The number of halogens is 1. The molecule has 0 amide bonds. The molecule has 0 fully saturated rings. The molecule has 2 aromatic carbocycles. The van der Waals surface area contributed by atoms with Crippen molar-refractivity contribution in [2.24, 2.45) is 5.73 Å². The van der Waals surface area contributed by atoms with E-state index in [9.17, 15) is 4.39 Å². The van der Waals surface area contributed by atoms with Gasteiger partial charge in [-0.15, -0.1) is 0 Å². The number of hydrogen-bond acceptors (Lipinski definition) is 4. The van der Waals surface area contributed by atoms with Gasteiger partial charge in [-0.05, 0) is 42.8 Å². The summed E-state index contributed by atoms with van der Waals surface area (Å²) >= 11 is 0. The van der Waals surface area contributed by atoms with Crippen LogP contribution in [0.4, 0.5) is 10.2 Å². The third kappa shape index (κ3) is 3.81. The van der Waals surface area contributed by atoms with Gasteiger partial charge in [-0.1, -0.05) is 24.3 Å². The van der Waals surface area contributed by atoms with Crippen molar-refractivity contribution in [3.8, 4) is 0 Å². The van der Waals surface area contributed by atoms with Gasteiger partial charge in [0.05, 0.1) is 5.52 Å². The Morgan fingerprint density at radius 3 is 2.52 bits per heavy atom. The van der Waals surface area contributed by atoms with E-state index in [0.29, 0.717) is 19.5 Å². The lowest BCUT2D eigenvalue weighted by Gasteiger charge is -2.10. The summed E-state index contributed by atoms with van der Waals surface area (Å²) in [5, 5.41) is 4.36. The second kappa shape index (κ2) is 7.15. The molecular weight excluding hydrogens is 291 g/mol. The molecule has 118 valence electrons. The normalized spacial score (nSPS) is 10.9. The lowest BCUT2D eigenvalue weighted by Crippen LogP contribution is -2.11. The topological polar surface area (TPSA) is 63.8 Å². The number of rotatable bonds is 6. The molecule has 0 aliphatic rings. The number of hydrogen-bond donors (Lipinski definition) is 2. The van der Waals surface area contributed by atoms with Gasteiger partial charge >= 0.3 is 0 Å². The molecule has 23 heavy (non-hydrogen) atoms. The predicted octanol–water partition coefficient (Wildman–Crippen LogP) is 2.92. The summed E-state index contributed by atoms with van der Waals surface area (Å²) in [5.74, 6) is 1.35. The average Bonchev–Trinajstić information content (AvgIpc) is 2.57. The molecule has 0 saturated heterocycles. The van der Waals surface area contributed by atoms with Crippen LogP contribution in [0.1, 0.15) is 11.4 Å². The maximum atomic E-state index is 12.9. The molecule has 0 aliphatic heterocycles. The minimum absolute atomic E-state index is 0.213. The Morgan fingerprint density at radius 2 is 1.74 bits per heavy atom. The van der Waals surface area contributed by atoms with Crippen molar-refractivity contribution >= 4 is 16.7 Å². The third-order valence-electron chi connectivity index (χ3n) is 3.64. The molecular formula is C18H19FN4. The van der Waals surface area contributed by atoms with Crippen LogP contribution in [0, 0.1) is 5.82 Å². The Kier molecular flexibility index (Phi) is 4.78. The molecule has 0 aliphatic carbocycles. The van der Waals surface area contributed by atoms with Crippen molar-refractivity contribution in [2.45, 2.75) is 12.8 Å². The number of benzene rings is 2. The van der Waals surface area contributed by atoms with Gasteiger partial charge in [-0.3, -0.25) is 0 Å². The molecule has 0 unspecified atom stereocenters. The highest BCUT2D eigenvalue weighted by Crippen LogP contribution is 2.20. The maximum Gasteiger partial charge on any atom is 0.137 e. The quantitative estimate of drug-likeness (QED) is 0.735. The first-order valence-electron chi connectivity index (χ1n) is 7.70. The van der Waals surface area contributed by atoms with Crippen LogP contribution in [0.15, 0.2) is 48.5 Å². The van der Waals surface area contributed by atoms with E-state index in [1.165, 1.54) is 12.1 Å². The molecule has 0 radical (unpaired) electrons. The van der Waals surface area contributed by atoms with E-state index in [2.05, 4.69) is 15.3 Å². The number of nitrogens with one attached hydrogen (secondary N) is 1. The first kappa shape index (κ1) is 15.4. The summed E-state index contributed by atoms with van der Waals surface area (Å²) < 4.78 is 12.9. The van der Waals surface area contributed by atoms with Gasteiger partial charge in [0.2, 0.25) is 0 Å². The lowest BCUT2D eigenvalue weighted by molar-refractivity contribution is 0.627. The van der Waals surface area contributed by atoms with Crippen molar-refractivity contribution in [2.75, 3.05) is 18.4 Å². The first-order chi connectivity index (χ1) is 11.3. The van der Waals surface area contributed by atoms with E-state index in [4.69, 9.17) is 5.73 Å². The zero-order valence-corrected chi connectivity index (χ0v) is 12.8. The maximum absolute atomic E-state index is 12.9. The van der Waals surface area contributed by atoms with Crippen LogP contribution in [0.5, 0.6) is 0 Å². The van der Waals surface area contributed by atoms with E-state index in [-0.39, 0.29) is 5.82 Å². The van der Waals surface area contributed by atoms with Crippen LogP contribution in [0.3, 0.4) is 0 Å². The van der Waals surface area contributed by atoms with Crippen LogP contribution in [0.25, 0.3) is 10.9 Å². The minimum atomic E-state index is -0.213. The molecule has 0 bridgehead atoms. The summed E-state index contributed by atoms with van der Waals surface area (Å²) in [7, 11) is 0.